The molecule has 0 unspecified atom stereocenters. The van der Waals surface area contributed by atoms with Gasteiger partial charge in [0.15, 0.2) is 5.83 Å². The summed E-state index contributed by atoms with van der Waals surface area (Å²) in [6, 6.07) is 12.5. The van der Waals surface area contributed by atoms with E-state index in [1.165, 1.54) is 12.1 Å². The molecule has 0 heterocycles. The van der Waals surface area contributed by atoms with Gasteiger partial charge in [-0.25, -0.2) is 13.2 Å². The molecule has 2 aromatic rings. The summed E-state index contributed by atoms with van der Waals surface area (Å²) in [5, 5.41) is 0. The number of hydrogen-bond acceptors (Lipinski definition) is 0. The second kappa shape index (κ2) is 7.11. The van der Waals surface area contributed by atoms with E-state index in [1.54, 1.807) is 36.4 Å². The van der Waals surface area contributed by atoms with E-state index in [-0.39, 0.29) is 17.8 Å². The molecule has 2 aromatic carbocycles. The zero-order chi connectivity index (χ0) is 15.2. The van der Waals surface area contributed by atoms with Gasteiger partial charge in [0.1, 0.15) is 11.6 Å². The lowest BCUT2D eigenvalue weighted by Crippen LogP contribution is -1.85. The molecule has 110 valence electrons. The standard InChI is InChI=1S/C18H17F3/c1-2-3-4-17(20)18(21)15-7-5-13(6-8-15)14-9-11-16(19)12-10-14/h5-12H,2-4H2,1H3. The summed E-state index contributed by atoms with van der Waals surface area (Å²) in [7, 11) is 0. The molecule has 0 aliphatic rings. The summed E-state index contributed by atoms with van der Waals surface area (Å²) >= 11 is 0. The second-order valence-corrected chi connectivity index (χ2v) is 4.91. The normalized spacial score (nSPS) is 12.2. The molecular formula is C18H17F3. The first kappa shape index (κ1) is 15.4. The van der Waals surface area contributed by atoms with Crippen LogP contribution in [-0.2, 0) is 0 Å². The van der Waals surface area contributed by atoms with Gasteiger partial charge in [-0.3, -0.25) is 0 Å². The Morgan fingerprint density at radius 2 is 1.38 bits per heavy atom. The third-order valence-electron chi connectivity index (χ3n) is 3.30. The third-order valence-corrected chi connectivity index (χ3v) is 3.30. The quantitative estimate of drug-likeness (QED) is 0.607. The molecule has 0 nitrogen and oxygen atoms in total. The first-order valence-electron chi connectivity index (χ1n) is 7.02. The molecule has 0 saturated heterocycles. The van der Waals surface area contributed by atoms with Gasteiger partial charge in [-0.1, -0.05) is 49.7 Å². The van der Waals surface area contributed by atoms with Gasteiger partial charge >= 0.3 is 0 Å². The molecule has 0 aliphatic heterocycles. The van der Waals surface area contributed by atoms with Crippen molar-refractivity contribution in [2.24, 2.45) is 0 Å². The summed E-state index contributed by atoms with van der Waals surface area (Å²) < 4.78 is 40.4. The Kier molecular flexibility index (Phi) is 5.20. The molecular weight excluding hydrogens is 273 g/mol. The van der Waals surface area contributed by atoms with Crippen molar-refractivity contribution < 1.29 is 13.2 Å². The molecule has 0 saturated carbocycles. The highest BCUT2D eigenvalue weighted by Gasteiger charge is 2.09. The number of allylic oxidation sites excluding steroid dienone is 1. The lowest BCUT2D eigenvalue weighted by molar-refractivity contribution is 0.548. The van der Waals surface area contributed by atoms with Crippen LogP contribution in [0.4, 0.5) is 13.2 Å². The highest BCUT2D eigenvalue weighted by Crippen LogP contribution is 2.27. The van der Waals surface area contributed by atoms with E-state index in [9.17, 15) is 13.2 Å². The topological polar surface area (TPSA) is 0 Å². The van der Waals surface area contributed by atoms with Gasteiger partial charge in [-0.2, -0.15) is 0 Å². The van der Waals surface area contributed by atoms with Crippen LogP contribution in [0.1, 0.15) is 31.7 Å². The minimum absolute atomic E-state index is 0.127. The highest BCUT2D eigenvalue weighted by molar-refractivity contribution is 5.68. The van der Waals surface area contributed by atoms with E-state index in [0.29, 0.717) is 6.42 Å². The van der Waals surface area contributed by atoms with Crippen LogP contribution in [-0.4, -0.2) is 0 Å². The largest absolute Gasteiger partial charge is 0.209 e. The van der Waals surface area contributed by atoms with Crippen LogP contribution in [0, 0.1) is 5.82 Å². The fraction of sp³-hybridized carbons (Fsp3) is 0.222. The van der Waals surface area contributed by atoms with Crippen LogP contribution < -0.4 is 0 Å². The molecule has 0 radical (unpaired) electrons. The molecule has 0 aliphatic carbocycles. The van der Waals surface area contributed by atoms with Crippen molar-refractivity contribution in [3.05, 3.63) is 65.7 Å². The Labute approximate surface area is 122 Å². The molecule has 21 heavy (non-hydrogen) atoms. The van der Waals surface area contributed by atoms with Crippen LogP contribution in [0.2, 0.25) is 0 Å². The smallest absolute Gasteiger partial charge is 0.161 e. The van der Waals surface area contributed by atoms with Gasteiger partial charge in [0, 0.05) is 12.0 Å². The Bertz CT molecular complexity index is 610. The highest BCUT2D eigenvalue weighted by atomic mass is 19.2. The summed E-state index contributed by atoms with van der Waals surface area (Å²) in [5.41, 5.74) is 1.90. The fourth-order valence-electron chi connectivity index (χ4n) is 2.05. The number of halogens is 3. The molecule has 2 rings (SSSR count). The predicted octanol–water partition coefficient (Wildman–Crippen LogP) is 6.29. The average molecular weight is 290 g/mol. The van der Waals surface area contributed by atoms with Crippen LogP contribution in [0.3, 0.4) is 0 Å². The fourth-order valence-corrected chi connectivity index (χ4v) is 2.05. The molecule has 0 aromatic heterocycles. The monoisotopic (exact) mass is 290 g/mol. The first-order valence-corrected chi connectivity index (χ1v) is 7.02. The minimum Gasteiger partial charge on any atom is -0.209 e. The zero-order valence-corrected chi connectivity index (χ0v) is 11.9. The summed E-state index contributed by atoms with van der Waals surface area (Å²) in [6.45, 7) is 1.93. The molecule has 0 spiro atoms. The van der Waals surface area contributed by atoms with E-state index in [1.807, 2.05) is 6.92 Å². The van der Waals surface area contributed by atoms with E-state index >= 15 is 0 Å². The van der Waals surface area contributed by atoms with Crippen molar-refractivity contribution in [2.75, 3.05) is 0 Å². The summed E-state index contributed by atoms with van der Waals surface area (Å²) in [6.07, 6.45) is 1.58. The second-order valence-electron chi connectivity index (χ2n) is 4.91. The van der Waals surface area contributed by atoms with Crippen molar-refractivity contribution in [1.82, 2.24) is 0 Å². The van der Waals surface area contributed by atoms with Gasteiger partial charge in [0.25, 0.3) is 0 Å². The lowest BCUT2D eigenvalue weighted by atomic mass is 10.0. The minimum atomic E-state index is -0.797. The van der Waals surface area contributed by atoms with Crippen molar-refractivity contribution in [3.63, 3.8) is 0 Å². The number of unbranched alkanes of at least 4 members (excludes halogenated alkanes) is 1. The molecule has 0 atom stereocenters. The van der Waals surface area contributed by atoms with Crippen LogP contribution in [0.5, 0.6) is 0 Å². The lowest BCUT2D eigenvalue weighted by Gasteiger charge is -2.05. The van der Waals surface area contributed by atoms with Crippen LogP contribution in [0.25, 0.3) is 17.0 Å². The van der Waals surface area contributed by atoms with E-state index in [2.05, 4.69) is 0 Å². The Morgan fingerprint density at radius 3 is 1.90 bits per heavy atom. The van der Waals surface area contributed by atoms with E-state index < -0.39 is 11.7 Å². The molecule has 0 fully saturated rings. The molecule has 0 bridgehead atoms. The van der Waals surface area contributed by atoms with Crippen molar-refractivity contribution in [3.8, 4) is 11.1 Å². The number of rotatable bonds is 5. The summed E-state index contributed by atoms with van der Waals surface area (Å²) in [4.78, 5) is 0. The van der Waals surface area contributed by atoms with Crippen LogP contribution >= 0.6 is 0 Å². The first-order chi connectivity index (χ1) is 10.1. The molecule has 0 N–H and O–H groups in total. The Hall–Kier alpha value is -2.03. The van der Waals surface area contributed by atoms with Crippen molar-refractivity contribution >= 4 is 5.83 Å². The Morgan fingerprint density at radius 1 is 0.857 bits per heavy atom. The van der Waals surface area contributed by atoms with Crippen LogP contribution in [0.15, 0.2) is 54.4 Å². The van der Waals surface area contributed by atoms with E-state index in [0.717, 1.165) is 17.5 Å². The van der Waals surface area contributed by atoms with Gasteiger partial charge < -0.3 is 0 Å². The zero-order valence-electron chi connectivity index (χ0n) is 11.9. The molecule has 0 amide bonds. The van der Waals surface area contributed by atoms with Crippen molar-refractivity contribution in [1.29, 1.82) is 0 Å². The molecule has 3 heteroatoms. The summed E-state index contributed by atoms with van der Waals surface area (Å²) in [5.74, 6) is -1.80. The Balaban J connectivity index is 2.20. The van der Waals surface area contributed by atoms with Gasteiger partial charge in [0.2, 0.25) is 0 Å². The van der Waals surface area contributed by atoms with Crippen molar-refractivity contribution in [2.45, 2.75) is 26.2 Å². The maximum absolute atomic E-state index is 13.9. The third kappa shape index (κ3) is 3.97. The van der Waals surface area contributed by atoms with E-state index in [4.69, 9.17) is 0 Å². The van der Waals surface area contributed by atoms with Gasteiger partial charge in [-0.05, 0) is 29.7 Å². The maximum Gasteiger partial charge on any atom is 0.161 e. The SMILES string of the molecule is CCCCC(F)=C(F)c1ccc(-c2ccc(F)cc2)cc1. The van der Waals surface area contributed by atoms with Gasteiger partial charge in [0.05, 0.1) is 0 Å². The van der Waals surface area contributed by atoms with Gasteiger partial charge in [-0.15, -0.1) is 0 Å². The number of benzene rings is 2. The maximum atomic E-state index is 13.9. The number of hydrogen-bond donors (Lipinski definition) is 0. The predicted molar refractivity (Wildman–Crippen MR) is 80.5 cm³/mol. The average Bonchev–Trinajstić information content (AvgIpc) is 2.53.